The van der Waals surface area contributed by atoms with E-state index in [0.29, 0.717) is 23.6 Å². The van der Waals surface area contributed by atoms with Crippen molar-refractivity contribution in [2.45, 2.75) is 6.54 Å². The lowest BCUT2D eigenvalue weighted by atomic mass is 10.1. The highest BCUT2D eigenvalue weighted by Crippen LogP contribution is 2.24. The summed E-state index contributed by atoms with van der Waals surface area (Å²) in [6, 6.07) is 13.0. The van der Waals surface area contributed by atoms with Crippen molar-refractivity contribution in [2.75, 3.05) is 21.3 Å². The Morgan fingerprint density at radius 2 is 1.68 bits per heavy atom. The van der Waals surface area contributed by atoms with Crippen LogP contribution < -0.4 is 9.47 Å². The molecule has 0 aliphatic heterocycles. The first-order chi connectivity index (χ1) is 10.5. The van der Waals surface area contributed by atoms with E-state index >= 15 is 0 Å². The molecule has 4 nitrogen and oxygen atoms in total. The van der Waals surface area contributed by atoms with E-state index in [1.165, 1.54) is 0 Å². The number of hydrogen-bond acceptors (Lipinski definition) is 3. The molecular formula is C17H18BrNO3. The average molecular weight is 364 g/mol. The molecule has 0 atom stereocenters. The van der Waals surface area contributed by atoms with E-state index in [1.807, 2.05) is 24.3 Å². The van der Waals surface area contributed by atoms with Crippen LogP contribution in [0.4, 0.5) is 0 Å². The van der Waals surface area contributed by atoms with E-state index in [9.17, 15) is 4.79 Å². The van der Waals surface area contributed by atoms with E-state index in [2.05, 4.69) is 15.9 Å². The number of carbonyl (C=O) groups excluding carboxylic acids is 1. The first-order valence-corrected chi connectivity index (χ1v) is 7.56. The number of ether oxygens (including phenoxy) is 2. The predicted molar refractivity (Wildman–Crippen MR) is 89.5 cm³/mol. The molecule has 0 unspecified atom stereocenters. The second-order valence-electron chi connectivity index (χ2n) is 4.85. The van der Waals surface area contributed by atoms with Crippen molar-refractivity contribution in [2.24, 2.45) is 0 Å². The average Bonchev–Trinajstić information content (AvgIpc) is 2.55. The van der Waals surface area contributed by atoms with Gasteiger partial charge in [-0.05, 0) is 23.8 Å². The van der Waals surface area contributed by atoms with Crippen LogP contribution in [-0.4, -0.2) is 32.1 Å². The molecule has 0 fully saturated rings. The molecule has 0 saturated heterocycles. The quantitative estimate of drug-likeness (QED) is 0.812. The number of amides is 1. The van der Waals surface area contributed by atoms with Crippen LogP contribution in [0.5, 0.6) is 11.5 Å². The maximum atomic E-state index is 12.6. The Morgan fingerprint density at radius 3 is 2.23 bits per heavy atom. The summed E-state index contributed by atoms with van der Waals surface area (Å²) in [5.41, 5.74) is 1.58. The number of carbonyl (C=O) groups is 1. The highest BCUT2D eigenvalue weighted by Gasteiger charge is 2.15. The third-order valence-corrected chi connectivity index (χ3v) is 4.08. The monoisotopic (exact) mass is 363 g/mol. The third kappa shape index (κ3) is 3.80. The van der Waals surface area contributed by atoms with Gasteiger partial charge >= 0.3 is 0 Å². The lowest BCUT2D eigenvalue weighted by Gasteiger charge is -2.19. The highest BCUT2D eigenvalue weighted by molar-refractivity contribution is 9.10. The van der Waals surface area contributed by atoms with Gasteiger partial charge in [-0.1, -0.05) is 34.1 Å². The summed E-state index contributed by atoms with van der Waals surface area (Å²) in [7, 11) is 4.90. The molecule has 0 heterocycles. The van der Waals surface area contributed by atoms with Crippen molar-refractivity contribution in [3.63, 3.8) is 0 Å². The fourth-order valence-electron chi connectivity index (χ4n) is 2.11. The fourth-order valence-corrected chi connectivity index (χ4v) is 2.52. The smallest absolute Gasteiger partial charge is 0.254 e. The SMILES string of the molecule is COc1cc(OC)cc(C(=O)N(C)Cc2ccccc2Br)c1. The first-order valence-electron chi connectivity index (χ1n) is 6.77. The minimum atomic E-state index is -0.0899. The summed E-state index contributed by atoms with van der Waals surface area (Å²) >= 11 is 3.50. The lowest BCUT2D eigenvalue weighted by molar-refractivity contribution is 0.0784. The van der Waals surface area contributed by atoms with Crippen LogP contribution in [-0.2, 0) is 6.54 Å². The van der Waals surface area contributed by atoms with Gasteiger partial charge in [0, 0.05) is 29.7 Å². The van der Waals surface area contributed by atoms with E-state index in [0.717, 1.165) is 10.0 Å². The van der Waals surface area contributed by atoms with Crippen LogP contribution in [0.15, 0.2) is 46.9 Å². The number of hydrogen-bond donors (Lipinski definition) is 0. The molecule has 0 saturated carbocycles. The van der Waals surface area contributed by atoms with Crippen LogP contribution >= 0.6 is 15.9 Å². The van der Waals surface area contributed by atoms with Gasteiger partial charge in [0.2, 0.25) is 0 Å². The molecule has 116 valence electrons. The number of rotatable bonds is 5. The standard InChI is InChI=1S/C17H18BrNO3/c1-19(11-12-6-4-5-7-16(12)18)17(20)13-8-14(21-2)10-15(9-13)22-3/h4-10H,11H2,1-3H3. The Balaban J connectivity index is 2.22. The predicted octanol–water partition coefficient (Wildman–Crippen LogP) is 3.74. The van der Waals surface area contributed by atoms with Gasteiger partial charge in [0.1, 0.15) is 11.5 Å². The molecule has 0 N–H and O–H groups in total. The topological polar surface area (TPSA) is 38.8 Å². The van der Waals surface area contributed by atoms with Gasteiger partial charge in [-0.3, -0.25) is 4.79 Å². The van der Waals surface area contributed by atoms with Gasteiger partial charge < -0.3 is 14.4 Å². The van der Waals surface area contributed by atoms with Gasteiger partial charge in [-0.25, -0.2) is 0 Å². The van der Waals surface area contributed by atoms with Crippen molar-refractivity contribution in [3.05, 3.63) is 58.1 Å². The number of methoxy groups -OCH3 is 2. The first kappa shape index (κ1) is 16.4. The van der Waals surface area contributed by atoms with E-state index in [-0.39, 0.29) is 5.91 Å². The third-order valence-electron chi connectivity index (χ3n) is 3.31. The van der Waals surface area contributed by atoms with E-state index < -0.39 is 0 Å². The fraction of sp³-hybridized carbons (Fsp3) is 0.235. The molecule has 1 amide bonds. The number of benzene rings is 2. The summed E-state index contributed by atoms with van der Waals surface area (Å²) in [6.07, 6.45) is 0. The second kappa shape index (κ2) is 7.31. The molecule has 2 aromatic carbocycles. The zero-order valence-electron chi connectivity index (χ0n) is 12.8. The van der Waals surface area contributed by atoms with Crippen LogP contribution in [0.1, 0.15) is 15.9 Å². The van der Waals surface area contributed by atoms with Crippen LogP contribution in [0.25, 0.3) is 0 Å². The van der Waals surface area contributed by atoms with Crippen LogP contribution in [0.3, 0.4) is 0 Å². The summed E-state index contributed by atoms with van der Waals surface area (Å²) in [5, 5.41) is 0. The molecule has 2 rings (SSSR count). The number of nitrogens with zero attached hydrogens (tertiary/aromatic N) is 1. The molecule has 0 aliphatic rings. The molecule has 0 aliphatic carbocycles. The Morgan fingerprint density at radius 1 is 1.09 bits per heavy atom. The molecular weight excluding hydrogens is 346 g/mol. The lowest BCUT2D eigenvalue weighted by Crippen LogP contribution is -2.26. The Hall–Kier alpha value is -2.01. The zero-order valence-corrected chi connectivity index (χ0v) is 14.4. The van der Waals surface area contributed by atoms with Gasteiger partial charge in [0.15, 0.2) is 0 Å². The van der Waals surface area contributed by atoms with Crippen molar-refractivity contribution in [3.8, 4) is 11.5 Å². The van der Waals surface area contributed by atoms with Gasteiger partial charge in [-0.15, -0.1) is 0 Å². The number of halogens is 1. The highest BCUT2D eigenvalue weighted by atomic mass is 79.9. The van der Waals surface area contributed by atoms with E-state index in [1.54, 1.807) is 44.4 Å². The second-order valence-corrected chi connectivity index (χ2v) is 5.71. The Kier molecular flexibility index (Phi) is 5.44. The van der Waals surface area contributed by atoms with E-state index in [4.69, 9.17) is 9.47 Å². The molecule has 22 heavy (non-hydrogen) atoms. The van der Waals surface area contributed by atoms with Crippen molar-refractivity contribution in [1.82, 2.24) is 4.90 Å². The Labute approximate surface area is 138 Å². The maximum absolute atomic E-state index is 12.6. The largest absolute Gasteiger partial charge is 0.497 e. The minimum absolute atomic E-state index is 0.0899. The van der Waals surface area contributed by atoms with Crippen molar-refractivity contribution < 1.29 is 14.3 Å². The van der Waals surface area contributed by atoms with Gasteiger partial charge in [0.05, 0.1) is 14.2 Å². The van der Waals surface area contributed by atoms with Crippen LogP contribution in [0, 0.1) is 0 Å². The zero-order chi connectivity index (χ0) is 16.1. The summed E-state index contributed by atoms with van der Waals surface area (Å²) in [4.78, 5) is 14.3. The van der Waals surface area contributed by atoms with Crippen LogP contribution in [0.2, 0.25) is 0 Å². The van der Waals surface area contributed by atoms with Gasteiger partial charge in [-0.2, -0.15) is 0 Å². The van der Waals surface area contributed by atoms with Crippen molar-refractivity contribution in [1.29, 1.82) is 0 Å². The molecule has 0 aromatic heterocycles. The maximum Gasteiger partial charge on any atom is 0.254 e. The summed E-state index contributed by atoms with van der Waals surface area (Å²) in [6.45, 7) is 0.514. The normalized spacial score (nSPS) is 10.2. The minimum Gasteiger partial charge on any atom is -0.497 e. The summed E-state index contributed by atoms with van der Waals surface area (Å²) < 4.78 is 11.4. The molecule has 0 bridgehead atoms. The molecule has 5 heteroatoms. The molecule has 2 aromatic rings. The van der Waals surface area contributed by atoms with Gasteiger partial charge in [0.25, 0.3) is 5.91 Å². The molecule has 0 spiro atoms. The summed E-state index contributed by atoms with van der Waals surface area (Å²) in [5.74, 6) is 1.10. The molecule has 0 radical (unpaired) electrons. The Bertz CT molecular complexity index is 650. The van der Waals surface area contributed by atoms with Crippen molar-refractivity contribution >= 4 is 21.8 Å².